The Morgan fingerprint density at radius 2 is 2.29 bits per heavy atom. The minimum atomic E-state index is -0.766. The van der Waals surface area contributed by atoms with Crippen molar-refractivity contribution < 1.29 is 9.90 Å². The monoisotopic (exact) mass is 232 g/mol. The third-order valence-corrected chi connectivity index (χ3v) is 2.32. The molecule has 0 spiro atoms. The van der Waals surface area contributed by atoms with Crippen molar-refractivity contribution >= 4 is 5.97 Å². The topological polar surface area (TPSA) is 80.9 Å². The molecule has 0 aromatic carbocycles. The molecule has 17 heavy (non-hydrogen) atoms. The summed E-state index contributed by atoms with van der Waals surface area (Å²) in [4.78, 5) is 18.4. The van der Waals surface area contributed by atoms with Crippen LogP contribution in [0.2, 0.25) is 0 Å². The smallest absolute Gasteiger partial charge is 0.303 e. The van der Waals surface area contributed by atoms with Gasteiger partial charge in [0.05, 0.1) is 0 Å². The van der Waals surface area contributed by atoms with Gasteiger partial charge in [-0.05, 0) is 24.5 Å². The quantitative estimate of drug-likeness (QED) is 0.833. The van der Waals surface area contributed by atoms with E-state index in [1.165, 1.54) is 6.33 Å². The van der Waals surface area contributed by atoms with Crippen LogP contribution in [0.15, 0.2) is 31.0 Å². The van der Waals surface area contributed by atoms with E-state index in [9.17, 15) is 4.79 Å². The molecule has 0 unspecified atom stereocenters. The van der Waals surface area contributed by atoms with Crippen LogP contribution in [0.5, 0.6) is 0 Å². The zero-order valence-electron chi connectivity index (χ0n) is 9.15. The number of carbonyl (C=O) groups is 1. The fourth-order valence-corrected chi connectivity index (χ4v) is 1.47. The van der Waals surface area contributed by atoms with Crippen molar-refractivity contribution in [3.8, 4) is 5.82 Å². The molecule has 0 saturated carbocycles. The lowest BCUT2D eigenvalue weighted by Gasteiger charge is -2.02. The minimum Gasteiger partial charge on any atom is -0.481 e. The molecule has 0 atom stereocenters. The molecule has 6 heteroatoms. The van der Waals surface area contributed by atoms with Gasteiger partial charge in [-0.25, -0.2) is 14.6 Å². The normalized spacial score (nSPS) is 10.4. The highest BCUT2D eigenvalue weighted by molar-refractivity contribution is 5.66. The number of nitrogens with zero attached hydrogens (tertiary/aromatic N) is 4. The van der Waals surface area contributed by atoms with E-state index in [1.54, 1.807) is 17.2 Å². The average Bonchev–Trinajstić information content (AvgIpc) is 2.83. The summed E-state index contributed by atoms with van der Waals surface area (Å²) >= 11 is 0. The van der Waals surface area contributed by atoms with Crippen LogP contribution in [0.1, 0.15) is 18.4 Å². The predicted molar refractivity (Wildman–Crippen MR) is 59.7 cm³/mol. The number of pyridine rings is 1. The summed E-state index contributed by atoms with van der Waals surface area (Å²) in [7, 11) is 0. The Balaban J connectivity index is 1.96. The van der Waals surface area contributed by atoms with Crippen molar-refractivity contribution in [1.29, 1.82) is 0 Å². The molecular weight excluding hydrogens is 220 g/mol. The summed E-state index contributed by atoms with van der Waals surface area (Å²) in [5, 5.41) is 12.5. The summed E-state index contributed by atoms with van der Waals surface area (Å²) in [5.41, 5.74) is 1.02. The maximum Gasteiger partial charge on any atom is 0.303 e. The molecule has 0 aliphatic heterocycles. The van der Waals surface area contributed by atoms with E-state index in [4.69, 9.17) is 5.11 Å². The predicted octanol–water partition coefficient (Wildman–Crippen LogP) is 1.07. The zero-order chi connectivity index (χ0) is 12.1. The van der Waals surface area contributed by atoms with E-state index in [0.717, 1.165) is 12.0 Å². The maximum atomic E-state index is 10.4. The van der Waals surface area contributed by atoms with Gasteiger partial charge >= 0.3 is 5.97 Å². The lowest BCUT2D eigenvalue weighted by Crippen LogP contribution is -1.99. The van der Waals surface area contributed by atoms with Crippen molar-refractivity contribution in [3.63, 3.8) is 0 Å². The average molecular weight is 232 g/mol. The van der Waals surface area contributed by atoms with Gasteiger partial charge in [-0.1, -0.05) is 6.07 Å². The van der Waals surface area contributed by atoms with Gasteiger partial charge in [0.15, 0.2) is 5.82 Å². The molecule has 2 aromatic rings. The second-order valence-electron chi connectivity index (χ2n) is 3.61. The largest absolute Gasteiger partial charge is 0.481 e. The molecule has 0 aliphatic carbocycles. The van der Waals surface area contributed by atoms with Crippen molar-refractivity contribution in [1.82, 2.24) is 19.7 Å². The molecular formula is C11H12N4O2. The van der Waals surface area contributed by atoms with Crippen LogP contribution in [0.3, 0.4) is 0 Å². The highest BCUT2D eigenvalue weighted by Crippen LogP contribution is 2.07. The standard InChI is InChI=1S/C11H12N4O2/c16-11(17)3-1-2-9-4-5-10(13-6-9)15-8-12-7-14-15/h4-8H,1-3H2,(H,16,17). The number of aromatic nitrogens is 4. The molecule has 0 bridgehead atoms. The van der Waals surface area contributed by atoms with Gasteiger partial charge in [-0.2, -0.15) is 5.10 Å². The van der Waals surface area contributed by atoms with Gasteiger partial charge < -0.3 is 5.11 Å². The Hall–Kier alpha value is -2.24. The third kappa shape index (κ3) is 3.10. The first kappa shape index (κ1) is 11.3. The second kappa shape index (κ2) is 5.20. The lowest BCUT2D eigenvalue weighted by molar-refractivity contribution is -0.137. The number of aryl methyl sites for hydroxylation is 1. The Labute approximate surface area is 98.0 Å². The fraction of sp³-hybridized carbons (Fsp3) is 0.273. The first-order chi connectivity index (χ1) is 8.25. The summed E-state index contributed by atoms with van der Waals surface area (Å²) in [6, 6.07) is 3.76. The SMILES string of the molecule is O=C(O)CCCc1ccc(-n2cncn2)nc1. The molecule has 2 aromatic heterocycles. The number of hydrogen-bond donors (Lipinski definition) is 1. The fourth-order valence-electron chi connectivity index (χ4n) is 1.47. The lowest BCUT2D eigenvalue weighted by atomic mass is 10.1. The molecule has 2 heterocycles. The first-order valence-corrected chi connectivity index (χ1v) is 5.27. The van der Waals surface area contributed by atoms with Crippen LogP contribution >= 0.6 is 0 Å². The van der Waals surface area contributed by atoms with E-state index < -0.39 is 5.97 Å². The molecule has 6 nitrogen and oxygen atoms in total. The van der Waals surface area contributed by atoms with Gasteiger partial charge in [0, 0.05) is 12.6 Å². The Kier molecular flexibility index (Phi) is 3.44. The summed E-state index contributed by atoms with van der Waals surface area (Å²) in [6.45, 7) is 0. The van der Waals surface area contributed by atoms with E-state index in [-0.39, 0.29) is 6.42 Å². The molecule has 0 radical (unpaired) electrons. The van der Waals surface area contributed by atoms with Gasteiger partial charge in [-0.3, -0.25) is 4.79 Å². The van der Waals surface area contributed by atoms with E-state index in [0.29, 0.717) is 12.2 Å². The number of rotatable bonds is 5. The first-order valence-electron chi connectivity index (χ1n) is 5.27. The minimum absolute atomic E-state index is 0.185. The third-order valence-electron chi connectivity index (χ3n) is 2.32. The highest BCUT2D eigenvalue weighted by atomic mass is 16.4. The van der Waals surface area contributed by atoms with E-state index >= 15 is 0 Å². The van der Waals surface area contributed by atoms with Crippen LogP contribution in [0.25, 0.3) is 5.82 Å². The van der Waals surface area contributed by atoms with Crippen LogP contribution in [0, 0.1) is 0 Å². The maximum absolute atomic E-state index is 10.4. The number of carboxylic acid groups (broad SMARTS) is 1. The summed E-state index contributed by atoms with van der Waals surface area (Å²) in [6.07, 6.45) is 6.29. The highest BCUT2D eigenvalue weighted by Gasteiger charge is 2.01. The van der Waals surface area contributed by atoms with Crippen molar-refractivity contribution in [2.75, 3.05) is 0 Å². The Morgan fingerprint density at radius 1 is 1.41 bits per heavy atom. The van der Waals surface area contributed by atoms with E-state index in [1.807, 2.05) is 12.1 Å². The molecule has 2 rings (SSSR count). The van der Waals surface area contributed by atoms with Crippen molar-refractivity contribution in [3.05, 3.63) is 36.5 Å². The van der Waals surface area contributed by atoms with Crippen LogP contribution < -0.4 is 0 Å². The molecule has 0 amide bonds. The molecule has 0 aliphatic rings. The van der Waals surface area contributed by atoms with Crippen LogP contribution in [0.4, 0.5) is 0 Å². The molecule has 1 N–H and O–H groups in total. The Bertz CT molecular complexity index is 479. The van der Waals surface area contributed by atoms with Crippen LogP contribution in [-0.2, 0) is 11.2 Å². The van der Waals surface area contributed by atoms with Crippen molar-refractivity contribution in [2.45, 2.75) is 19.3 Å². The number of aliphatic carboxylic acids is 1. The number of hydrogen-bond acceptors (Lipinski definition) is 4. The van der Waals surface area contributed by atoms with Gasteiger partial charge in [0.2, 0.25) is 0 Å². The summed E-state index contributed by atoms with van der Waals surface area (Å²) in [5.74, 6) is -0.0679. The zero-order valence-corrected chi connectivity index (χ0v) is 9.15. The van der Waals surface area contributed by atoms with Gasteiger partial charge in [0.25, 0.3) is 0 Å². The molecule has 88 valence electrons. The number of carboxylic acids is 1. The summed E-state index contributed by atoms with van der Waals surface area (Å²) < 4.78 is 1.57. The van der Waals surface area contributed by atoms with Gasteiger partial charge in [-0.15, -0.1) is 0 Å². The Morgan fingerprint density at radius 3 is 2.88 bits per heavy atom. The van der Waals surface area contributed by atoms with Crippen LogP contribution in [-0.4, -0.2) is 30.8 Å². The van der Waals surface area contributed by atoms with Gasteiger partial charge in [0.1, 0.15) is 12.7 Å². The molecule has 0 saturated heterocycles. The van der Waals surface area contributed by atoms with Crippen molar-refractivity contribution in [2.24, 2.45) is 0 Å². The second-order valence-corrected chi connectivity index (χ2v) is 3.61. The van der Waals surface area contributed by atoms with E-state index in [2.05, 4.69) is 15.1 Å². The molecule has 0 fully saturated rings.